The number of hydrogen-bond donors (Lipinski definition) is 2. The second kappa shape index (κ2) is 16.1. The summed E-state index contributed by atoms with van der Waals surface area (Å²) in [7, 11) is 0. The van der Waals surface area contributed by atoms with Crippen molar-refractivity contribution in [2.45, 2.75) is 45.0 Å². The lowest BCUT2D eigenvalue weighted by molar-refractivity contribution is 0.0913. The molecular formula is C25H32ClN3O4S2. The number of carbonyl (C=O) groups excluding carboxylic acids is 2. The molecule has 0 radical (unpaired) electrons. The minimum Gasteiger partial charge on any atom is -0.448 e. The summed E-state index contributed by atoms with van der Waals surface area (Å²) in [6.07, 6.45) is 1.49. The van der Waals surface area contributed by atoms with E-state index < -0.39 is 6.09 Å². The fourth-order valence-electron chi connectivity index (χ4n) is 3.22. The van der Waals surface area contributed by atoms with Crippen LogP contribution in [0.3, 0.4) is 0 Å². The molecule has 7 nitrogen and oxygen atoms in total. The fraction of sp³-hybridized carbons (Fsp3) is 0.360. The Hall–Kier alpha value is -2.59. The molecule has 10 heteroatoms. The van der Waals surface area contributed by atoms with Crippen molar-refractivity contribution in [1.29, 1.82) is 0 Å². The molecule has 3 rings (SSSR count). The van der Waals surface area contributed by atoms with Crippen molar-refractivity contribution in [1.82, 2.24) is 10.2 Å². The number of nitrogens with two attached hydrogens (primary N) is 1. The first-order valence-corrected chi connectivity index (χ1v) is 13.0. The van der Waals surface area contributed by atoms with Crippen LogP contribution in [0.5, 0.6) is 0 Å². The van der Waals surface area contributed by atoms with Crippen LogP contribution in [0.1, 0.15) is 34.6 Å². The number of alkyl carbamates (subject to hydrolysis) is 1. The average Bonchev–Trinajstić information content (AvgIpc) is 3.56. The Balaban J connectivity index is 0.00000432. The maximum atomic E-state index is 12.7. The molecule has 190 valence electrons. The number of benzene rings is 1. The third-order valence-electron chi connectivity index (χ3n) is 5.02. The molecule has 3 N–H and O–H groups in total. The first-order chi connectivity index (χ1) is 16.6. The molecule has 3 aromatic rings. The lowest BCUT2D eigenvalue weighted by Crippen LogP contribution is -2.34. The number of thiophene rings is 2. The van der Waals surface area contributed by atoms with Crippen molar-refractivity contribution < 1.29 is 19.1 Å². The van der Waals surface area contributed by atoms with Crippen LogP contribution >= 0.6 is 35.1 Å². The Morgan fingerprint density at radius 2 is 1.57 bits per heavy atom. The number of carbonyl (C=O) groups is 2. The van der Waals surface area contributed by atoms with Crippen LogP contribution in [-0.2, 0) is 29.2 Å². The first-order valence-electron chi connectivity index (χ1n) is 11.3. The van der Waals surface area contributed by atoms with Gasteiger partial charge in [-0.3, -0.25) is 4.90 Å². The van der Waals surface area contributed by atoms with E-state index in [0.717, 1.165) is 28.2 Å². The van der Waals surface area contributed by atoms with Gasteiger partial charge < -0.3 is 20.5 Å². The Morgan fingerprint density at radius 3 is 2.17 bits per heavy atom. The SMILES string of the molecule is Cl.NC(CCCCNC(=O)OCc1ccccc1)COC(=O)N(Cc1cccs1)Cc1cccs1. The summed E-state index contributed by atoms with van der Waals surface area (Å²) in [4.78, 5) is 28.4. The van der Waals surface area contributed by atoms with E-state index in [0.29, 0.717) is 26.1 Å². The Morgan fingerprint density at radius 1 is 0.914 bits per heavy atom. The number of hydrogen-bond acceptors (Lipinski definition) is 7. The molecular weight excluding hydrogens is 506 g/mol. The highest BCUT2D eigenvalue weighted by Crippen LogP contribution is 2.18. The standard InChI is InChI=1S/C25H31N3O4S2.ClH/c26-21(10-4-5-13-27-24(29)31-18-20-8-2-1-3-9-20)19-32-25(30)28(16-22-11-6-14-33-22)17-23-12-7-15-34-23;/h1-3,6-9,11-12,14-15,21H,4-5,10,13,16-19,26H2,(H,27,29);1H. The summed E-state index contributed by atoms with van der Waals surface area (Å²) in [5.41, 5.74) is 7.09. The summed E-state index contributed by atoms with van der Waals surface area (Å²) in [5, 5.41) is 6.74. The van der Waals surface area contributed by atoms with Gasteiger partial charge in [0.15, 0.2) is 0 Å². The monoisotopic (exact) mass is 537 g/mol. The lowest BCUT2D eigenvalue weighted by atomic mass is 10.1. The van der Waals surface area contributed by atoms with Gasteiger partial charge in [-0.15, -0.1) is 35.1 Å². The molecule has 35 heavy (non-hydrogen) atoms. The van der Waals surface area contributed by atoms with E-state index in [1.54, 1.807) is 27.6 Å². The third-order valence-corrected chi connectivity index (χ3v) is 6.74. The summed E-state index contributed by atoms with van der Waals surface area (Å²) < 4.78 is 10.7. The zero-order valence-electron chi connectivity index (χ0n) is 19.5. The van der Waals surface area contributed by atoms with E-state index in [1.165, 1.54) is 0 Å². The molecule has 2 heterocycles. The largest absolute Gasteiger partial charge is 0.448 e. The van der Waals surface area contributed by atoms with Gasteiger partial charge in [0.25, 0.3) is 0 Å². The van der Waals surface area contributed by atoms with Crippen LogP contribution in [0, 0.1) is 0 Å². The third kappa shape index (κ3) is 11.1. The van der Waals surface area contributed by atoms with Gasteiger partial charge in [0.2, 0.25) is 0 Å². The van der Waals surface area contributed by atoms with Crippen LogP contribution < -0.4 is 11.1 Å². The quantitative estimate of drug-likeness (QED) is 0.269. The molecule has 2 amide bonds. The molecule has 0 saturated heterocycles. The highest BCUT2D eigenvalue weighted by atomic mass is 35.5. The summed E-state index contributed by atoms with van der Waals surface area (Å²) in [6.45, 7) is 1.94. The van der Waals surface area contributed by atoms with Crippen molar-refractivity contribution in [3.63, 3.8) is 0 Å². The molecule has 2 aromatic heterocycles. The van der Waals surface area contributed by atoms with Gasteiger partial charge in [0.1, 0.15) is 13.2 Å². The number of unbranched alkanes of at least 4 members (excludes halogenated alkanes) is 1. The Bertz CT molecular complexity index is 936. The lowest BCUT2D eigenvalue weighted by Gasteiger charge is -2.22. The minimum atomic E-state index is -0.432. The molecule has 0 aliphatic carbocycles. The molecule has 1 aromatic carbocycles. The van der Waals surface area contributed by atoms with E-state index in [1.807, 2.05) is 65.4 Å². The fourth-order valence-corrected chi connectivity index (χ4v) is 4.65. The molecule has 0 aliphatic heterocycles. The summed E-state index contributed by atoms with van der Waals surface area (Å²) in [6, 6.07) is 17.3. The first kappa shape index (κ1) is 28.6. The second-order valence-electron chi connectivity index (χ2n) is 7.84. The molecule has 0 bridgehead atoms. The second-order valence-corrected chi connectivity index (χ2v) is 9.90. The van der Waals surface area contributed by atoms with Gasteiger partial charge in [0, 0.05) is 22.3 Å². The van der Waals surface area contributed by atoms with Crippen LogP contribution in [0.25, 0.3) is 0 Å². The Kier molecular flexibility index (Phi) is 13.2. The number of nitrogens with zero attached hydrogens (tertiary/aromatic N) is 1. The Labute approximate surface area is 220 Å². The maximum Gasteiger partial charge on any atom is 0.410 e. The van der Waals surface area contributed by atoms with Crippen molar-refractivity contribution in [3.8, 4) is 0 Å². The molecule has 0 aliphatic rings. The summed E-state index contributed by atoms with van der Waals surface area (Å²) in [5.74, 6) is 0. The topological polar surface area (TPSA) is 93.9 Å². The molecule has 0 saturated carbocycles. The van der Waals surface area contributed by atoms with Gasteiger partial charge in [0.05, 0.1) is 13.1 Å². The molecule has 0 fully saturated rings. The normalized spacial score (nSPS) is 11.2. The number of halogens is 1. The van der Waals surface area contributed by atoms with Crippen LogP contribution in [-0.4, -0.2) is 36.3 Å². The van der Waals surface area contributed by atoms with Gasteiger partial charge in [-0.2, -0.15) is 0 Å². The van der Waals surface area contributed by atoms with E-state index in [2.05, 4.69) is 5.32 Å². The van der Waals surface area contributed by atoms with Crippen molar-refractivity contribution >= 4 is 47.3 Å². The minimum absolute atomic E-state index is 0. The van der Waals surface area contributed by atoms with Crippen molar-refractivity contribution in [2.24, 2.45) is 5.73 Å². The zero-order valence-corrected chi connectivity index (χ0v) is 21.9. The van der Waals surface area contributed by atoms with Crippen LogP contribution in [0.4, 0.5) is 9.59 Å². The maximum absolute atomic E-state index is 12.7. The van der Waals surface area contributed by atoms with E-state index in [4.69, 9.17) is 15.2 Å². The van der Waals surface area contributed by atoms with E-state index in [-0.39, 0.29) is 37.8 Å². The number of nitrogens with one attached hydrogen (secondary N) is 1. The predicted octanol–water partition coefficient (Wildman–Crippen LogP) is 5.79. The summed E-state index contributed by atoms with van der Waals surface area (Å²) >= 11 is 3.23. The van der Waals surface area contributed by atoms with Crippen LogP contribution in [0.2, 0.25) is 0 Å². The van der Waals surface area contributed by atoms with Crippen LogP contribution in [0.15, 0.2) is 65.4 Å². The molecule has 1 atom stereocenters. The smallest absolute Gasteiger partial charge is 0.410 e. The molecule has 1 unspecified atom stereocenters. The predicted molar refractivity (Wildman–Crippen MR) is 143 cm³/mol. The highest BCUT2D eigenvalue weighted by molar-refractivity contribution is 7.10. The van der Waals surface area contributed by atoms with Gasteiger partial charge in [-0.1, -0.05) is 48.9 Å². The van der Waals surface area contributed by atoms with Gasteiger partial charge in [-0.25, -0.2) is 9.59 Å². The van der Waals surface area contributed by atoms with E-state index >= 15 is 0 Å². The van der Waals surface area contributed by atoms with Crippen molar-refractivity contribution in [3.05, 3.63) is 80.7 Å². The number of rotatable bonds is 13. The number of amides is 2. The molecule has 0 spiro atoms. The average molecular weight is 538 g/mol. The van der Waals surface area contributed by atoms with E-state index in [9.17, 15) is 9.59 Å². The number of ether oxygens (including phenoxy) is 2. The van der Waals surface area contributed by atoms with Gasteiger partial charge in [-0.05, 0) is 41.3 Å². The highest BCUT2D eigenvalue weighted by Gasteiger charge is 2.18. The van der Waals surface area contributed by atoms with Gasteiger partial charge >= 0.3 is 12.2 Å². The van der Waals surface area contributed by atoms with Crippen molar-refractivity contribution in [2.75, 3.05) is 13.2 Å². The zero-order chi connectivity index (χ0) is 24.0.